The van der Waals surface area contributed by atoms with Crippen molar-refractivity contribution in [1.82, 2.24) is 14.5 Å². The summed E-state index contributed by atoms with van der Waals surface area (Å²) in [7, 11) is 1.72. The molecule has 4 aromatic rings. The molecule has 1 aromatic carbocycles. The molecule has 6 nitrogen and oxygen atoms in total. The van der Waals surface area contributed by atoms with E-state index in [2.05, 4.69) is 15.3 Å². The average molecular weight is 404 g/mol. The Morgan fingerprint density at radius 3 is 2.67 bits per heavy atom. The molecule has 30 heavy (non-hydrogen) atoms. The maximum atomic E-state index is 13.1. The molecule has 1 amide bonds. The van der Waals surface area contributed by atoms with Crippen LogP contribution in [-0.2, 0) is 11.8 Å². The number of hydrogen-bond donors (Lipinski definition) is 2. The van der Waals surface area contributed by atoms with E-state index in [1.54, 1.807) is 49.1 Å². The molecule has 0 aliphatic rings. The summed E-state index contributed by atoms with van der Waals surface area (Å²) in [6, 6.07) is 11.3. The number of halogens is 1. The monoisotopic (exact) mass is 404 g/mol. The Balaban J connectivity index is 1.63. The van der Waals surface area contributed by atoms with Gasteiger partial charge in [-0.1, -0.05) is 12.1 Å². The number of H-pyrrole nitrogens is 1. The number of nitrogens with one attached hydrogen (secondary N) is 2. The molecule has 1 atom stereocenters. The van der Waals surface area contributed by atoms with Crippen LogP contribution < -0.4 is 10.9 Å². The molecule has 0 fully saturated rings. The summed E-state index contributed by atoms with van der Waals surface area (Å²) in [6.07, 6.45) is 3.33. The van der Waals surface area contributed by atoms with Crippen LogP contribution in [0.25, 0.3) is 22.2 Å². The normalized spacial score (nSPS) is 12.1. The zero-order chi connectivity index (χ0) is 21.4. The lowest BCUT2D eigenvalue weighted by Gasteiger charge is -2.12. The van der Waals surface area contributed by atoms with Crippen molar-refractivity contribution < 1.29 is 9.18 Å². The van der Waals surface area contributed by atoms with E-state index in [9.17, 15) is 14.0 Å². The molecule has 4 rings (SSSR count). The van der Waals surface area contributed by atoms with Crippen molar-refractivity contribution in [3.05, 3.63) is 82.2 Å². The van der Waals surface area contributed by atoms with Gasteiger partial charge < -0.3 is 14.9 Å². The van der Waals surface area contributed by atoms with Gasteiger partial charge in [-0.25, -0.2) is 9.37 Å². The summed E-state index contributed by atoms with van der Waals surface area (Å²) in [5.41, 5.74) is 3.87. The molecule has 0 aliphatic carbocycles. The fraction of sp³-hybridized carbons (Fsp3) is 0.174. The Morgan fingerprint density at radius 1 is 1.20 bits per heavy atom. The standard InChI is InChI=1S/C23H21FN4O2/c1-13(15-4-6-17(24)7-5-15)22(29)27-19-12-16(8-10-25-19)21-14(2)20-18(26-21)9-11-28(3)23(20)30/h4-13,26H,1-3H3,(H,25,27,29). The number of anilines is 1. The third-order valence-electron chi connectivity index (χ3n) is 5.34. The number of hydrogen-bond acceptors (Lipinski definition) is 3. The van der Waals surface area contributed by atoms with Crippen molar-refractivity contribution in [3.8, 4) is 11.3 Å². The minimum Gasteiger partial charge on any atom is -0.354 e. The third-order valence-corrected chi connectivity index (χ3v) is 5.34. The molecule has 2 N–H and O–H groups in total. The van der Waals surface area contributed by atoms with E-state index in [0.717, 1.165) is 22.3 Å². The van der Waals surface area contributed by atoms with E-state index in [4.69, 9.17) is 0 Å². The molecule has 3 aromatic heterocycles. The number of fused-ring (bicyclic) bond motifs is 1. The van der Waals surface area contributed by atoms with Crippen LogP contribution in [0.15, 0.2) is 59.7 Å². The Labute approximate surface area is 172 Å². The molecule has 7 heteroatoms. The topological polar surface area (TPSA) is 79.8 Å². The Hall–Kier alpha value is -3.74. The number of amides is 1. The van der Waals surface area contributed by atoms with Gasteiger partial charge in [0, 0.05) is 30.7 Å². The molecule has 1 unspecified atom stereocenters. The highest BCUT2D eigenvalue weighted by atomic mass is 19.1. The minimum atomic E-state index is -0.464. The SMILES string of the molecule is Cc1c(-c2ccnc(NC(=O)C(C)c3ccc(F)cc3)c2)[nH]c2ccn(C)c(=O)c12. The lowest BCUT2D eigenvalue weighted by molar-refractivity contribution is -0.117. The van der Waals surface area contributed by atoms with Gasteiger partial charge in [0.2, 0.25) is 5.91 Å². The van der Waals surface area contributed by atoms with Gasteiger partial charge in [0.05, 0.1) is 16.8 Å². The van der Waals surface area contributed by atoms with Crippen molar-refractivity contribution in [2.45, 2.75) is 19.8 Å². The van der Waals surface area contributed by atoms with E-state index >= 15 is 0 Å². The van der Waals surface area contributed by atoms with E-state index in [-0.39, 0.29) is 17.3 Å². The predicted molar refractivity (Wildman–Crippen MR) is 115 cm³/mol. The summed E-state index contributed by atoms with van der Waals surface area (Å²) < 4.78 is 14.7. The zero-order valence-electron chi connectivity index (χ0n) is 16.9. The number of rotatable bonds is 4. The van der Waals surface area contributed by atoms with Crippen molar-refractivity contribution >= 4 is 22.6 Å². The van der Waals surface area contributed by atoms with Crippen molar-refractivity contribution in [2.24, 2.45) is 7.05 Å². The van der Waals surface area contributed by atoms with E-state index in [1.807, 2.05) is 19.1 Å². The summed E-state index contributed by atoms with van der Waals surface area (Å²) in [4.78, 5) is 32.7. The molecule has 0 spiro atoms. The Kier molecular flexibility index (Phi) is 4.95. The number of benzene rings is 1. The second-order valence-corrected chi connectivity index (χ2v) is 7.34. The lowest BCUT2D eigenvalue weighted by Crippen LogP contribution is -2.19. The highest BCUT2D eigenvalue weighted by Crippen LogP contribution is 2.29. The number of aromatic amines is 1. The molecule has 0 saturated carbocycles. The average Bonchev–Trinajstić information content (AvgIpc) is 3.08. The van der Waals surface area contributed by atoms with Crippen molar-refractivity contribution in [3.63, 3.8) is 0 Å². The Morgan fingerprint density at radius 2 is 1.93 bits per heavy atom. The van der Waals surface area contributed by atoms with Gasteiger partial charge >= 0.3 is 0 Å². The van der Waals surface area contributed by atoms with Crippen LogP contribution in [0.1, 0.15) is 24.0 Å². The number of pyridine rings is 2. The first-order valence-electron chi connectivity index (χ1n) is 9.56. The quantitative estimate of drug-likeness (QED) is 0.537. The minimum absolute atomic E-state index is 0.0665. The van der Waals surface area contributed by atoms with Gasteiger partial charge in [-0.15, -0.1) is 0 Å². The fourth-order valence-corrected chi connectivity index (χ4v) is 3.53. The van der Waals surface area contributed by atoms with Crippen molar-refractivity contribution in [2.75, 3.05) is 5.32 Å². The highest BCUT2D eigenvalue weighted by molar-refractivity contribution is 5.96. The largest absolute Gasteiger partial charge is 0.354 e. The molecular weight excluding hydrogens is 383 g/mol. The third kappa shape index (κ3) is 3.50. The molecule has 152 valence electrons. The maximum Gasteiger partial charge on any atom is 0.260 e. The predicted octanol–water partition coefficient (Wildman–Crippen LogP) is 4.12. The van der Waals surface area contributed by atoms with Crippen molar-refractivity contribution in [1.29, 1.82) is 0 Å². The number of aryl methyl sites for hydroxylation is 2. The van der Waals surface area contributed by atoms with E-state index in [0.29, 0.717) is 16.8 Å². The maximum absolute atomic E-state index is 13.1. The van der Waals surface area contributed by atoms with Gasteiger partial charge in [0.25, 0.3) is 5.56 Å². The summed E-state index contributed by atoms with van der Waals surface area (Å²) in [5.74, 6) is -0.649. The Bertz CT molecular complexity index is 1310. The van der Waals surface area contributed by atoms with Gasteiger partial charge in [-0.2, -0.15) is 0 Å². The zero-order valence-corrected chi connectivity index (χ0v) is 16.9. The number of carbonyl (C=O) groups excluding carboxylic acids is 1. The van der Waals surface area contributed by atoms with Crippen LogP contribution >= 0.6 is 0 Å². The summed E-state index contributed by atoms with van der Waals surface area (Å²) in [5, 5.41) is 3.46. The molecule has 3 heterocycles. The van der Waals surface area contributed by atoms with Crippen LogP contribution in [0.2, 0.25) is 0 Å². The smallest absolute Gasteiger partial charge is 0.260 e. The van der Waals surface area contributed by atoms with Gasteiger partial charge in [-0.05, 0) is 55.3 Å². The second kappa shape index (κ2) is 7.59. The highest BCUT2D eigenvalue weighted by Gasteiger charge is 2.17. The van der Waals surface area contributed by atoms with Gasteiger partial charge in [0.1, 0.15) is 11.6 Å². The lowest BCUT2D eigenvalue weighted by atomic mass is 10.0. The first kappa shape index (κ1) is 19.6. The van der Waals surface area contributed by atoms with Gasteiger partial charge in [-0.3, -0.25) is 9.59 Å². The molecule has 0 saturated heterocycles. The van der Waals surface area contributed by atoms with E-state index < -0.39 is 5.92 Å². The number of nitrogens with zero attached hydrogens (tertiary/aromatic N) is 2. The van der Waals surface area contributed by atoms with Crippen LogP contribution in [0.3, 0.4) is 0 Å². The second-order valence-electron chi connectivity index (χ2n) is 7.34. The number of carbonyl (C=O) groups is 1. The molecule has 0 bridgehead atoms. The van der Waals surface area contributed by atoms with E-state index in [1.165, 1.54) is 12.1 Å². The summed E-state index contributed by atoms with van der Waals surface area (Å²) in [6.45, 7) is 3.65. The molecular formula is C23H21FN4O2. The van der Waals surface area contributed by atoms with Crippen LogP contribution in [-0.4, -0.2) is 20.4 Å². The number of aromatic nitrogens is 3. The summed E-state index contributed by atoms with van der Waals surface area (Å²) >= 11 is 0. The molecule has 0 radical (unpaired) electrons. The first-order chi connectivity index (χ1) is 14.3. The van der Waals surface area contributed by atoms with Crippen LogP contribution in [0, 0.1) is 12.7 Å². The van der Waals surface area contributed by atoms with Crippen LogP contribution in [0.5, 0.6) is 0 Å². The van der Waals surface area contributed by atoms with Gasteiger partial charge in [0.15, 0.2) is 0 Å². The fourth-order valence-electron chi connectivity index (χ4n) is 3.53. The van der Waals surface area contributed by atoms with Crippen LogP contribution in [0.4, 0.5) is 10.2 Å². The first-order valence-corrected chi connectivity index (χ1v) is 9.56. The molecule has 0 aliphatic heterocycles.